The van der Waals surface area contributed by atoms with Crippen molar-refractivity contribution in [3.63, 3.8) is 0 Å². The molecule has 0 spiro atoms. The molecular formula is C57H62N4OPt. The third-order valence-electron chi connectivity index (χ3n) is 15.0. The van der Waals surface area contributed by atoms with Gasteiger partial charge in [0, 0.05) is 29.1 Å². The number of benzene rings is 5. The molecule has 63 heavy (non-hydrogen) atoms. The second kappa shape index (κ2) is 15.3. The van der Waals surface area contributed by atoms with E-state index in [1.807, 2.05) is 6.20 Å². The predicted molar refractivity (Wildman–Crippen MR) is 258 cm³/mol. The van der Waals surface area contributed by atoms with Crippen molar-refractivity contribution in [2.75, 3.05) is 9.80 Å². The Balaban J connectivity index is 0.00000544. The number of aryl methyl sites for hydroxylation is 3. The molecule has 2 atom stereocenters. The molecule has 0 N–H and O–H groups in total. The molecule has 6 aromatic rings. The number of hydrogen-bond donors (Lipinski definition) is 0. The third-order valence-corrected chi connectivity index (χ3v) is 15.0. The molecule has 326 valence electrons. The van der Waals surface area contributed by atoms with Crippen LogP contribution >= 0.6 is 0 Å². The normalized spacial score (nSPS) is 19.6. The van der Waals surface area contributed by atoms with Gasteiger partial charge in [0.05, 0.1) is 16.9 Å². The van der Waals surface area contributed by atoms with Crippen molar-refractivity contribution in [1.29, 1.82) is 0 Å². The SMILES string of the molecule is Cc1ccc2c(c1C)C[C@@]1(C)N=C(c3[c-]c(Oc4[c-]c5c(cc4)C(C)(C)c4ccccc4N5c4cc(C(C)(C)C)ccn4)cc(C(C)C)c3)N(c3c(C)c(C)cc(C)c3C)[C@@]21C.[Pt+2]. The number of aliphatic imine (C=N–C) groups is 1. The van der Waals surface area contributed by atoms with Gasteiger partial charge in [-0.2, -0.15) is 6.07 Å². The largest absolute Gasteiger partial charge is 2.00 e. The average Bonchev–Trinajstić information content (AvgIpc) is 3.59. The zero-order chi connectivity index (χ0) is 44.4. The fourth-order valence-corrected chi connectivity index (χ4v) is 10.5. The van der Waals surface area contributed by atoms with Gasteiger partial charge in [-0.1, -0.05) is 103 Å². The summed E-state index contributed by atoms with van der Waals surface area (Å²) in [6, 6.07) is 36.3. The van der Waals surface area contributed by atoms with Gasteiger partial charge in [-0.3, -0.25) is 0 Å². The first kappa shape index (κ1) is 44.6. The molecule has 0 saturated heterocycles. The van der Waals surface area contributed by atoms with Crippen molar-refractivity contribution < 1.29 is 25.8 Å². The molecule has 0 amide bonds. The summed E-state index contributed by atoms with van der Waals surface area (Å²) in [6.07, 6.45) is 2.80. The second-order valence-corrected chi connectivity index (χ2v) is 20.6. The molecule has 0 radical (unpaired) electrons. The van der Waals surface area contributed by atoms with Gasteiger partial charge in [-0.05, 0) is 152 Å². The maximum absolute atomic E-state index is 6.98. The molecule has 1 aromatic heterocycles. The number of nitrogens with zero attached hydrogens (tertiary/aromatic N) is 4. The summed E-state index contributed by atoms with van der Waals surface area (Å²) in [5.74, 6) is 3.31. The van der Waals surface area contributed by atoms with Crippen LogP contribution in [-0.4, -0.2) is 16.4 Å². The standard InChI is InChI=1S/C57H62N4O.Pt/c1-33(2)40-27-41(53-59-56(14)32-45-37(6)34(3)20-22-46(45)57(56,15)61(53)52-38(7)35(4)26-36(5)39(52)8)29-44(28-40)62-43-21-23-48-50(31-43)60(49-19-17-16-18-47(49)55(48,12)13)51-30-42(24-25-58-51)54(9,10)11;/h16-28,30,33H,32H2,1-15H3;/q-2;+2/t56-,57+;/m1./s1. The first-order valence-electron chi connectivity index (χ1n) is 22.4. The van der Waals surface area contributed by atoms with Crippen LogP contribution in [0.3, 0.4) is 0 Å². The minimum absolute atomic E-state index is 0. The van der Waals surface area contributed by atoms with Crippen molar-refractivity contribution in [3.8, 4) is 11.5 Å². The molecule has 5 aromatic carbocycles. The number of aromatic nitrogens is 1. The van der Waals surface area contributed by atoms with E-state index in [0.29, 0.717) is 11.5 Å². The molecular weight excluding hydrogens is 952 g/mol. The number of fused-ring (bicyclic) bond motifs is 5. The van der Waals surface area contributed by atoms with E-state index >= 15 is 0 Å². The van der Waals surface area contributed by atoms with Gasteiger partial charge < -0.3 is 19.5 Å². The topological polar surface area (TPSA) is 41.0 Å². The van der Waals surface area contributed by atoms with Gasteiger partial charge in [0.25, 0.3) is 0 Å². The molecule has 3 heterocycles. The fourth-order valence-electron chi connectivity index (χ4n) is 10.5. The molecule has 6 heteroatoms. The third kappa shape index (κ3) is 6.82. The molecule has 5 nitrogen and oxygen atoms in total. The van der Waals surface area contributed by atoms with Crippen LogP contribution in [0.2, 0.25) is 0 Å². The van der Waals surface area contributed by atoms with Gasteiger partial charge in [-0.25, -0.2) is 4.98 Å². The van der Waals surface area contributed by atoms with Gasteiger partial charge >= 0.3 is 21.1 Å². The smallest absolute Gasteiger partial charge is 0.503 e. The molecule has 9 rings (SSSR count). The van der Waals surface area contributed by atoms with E-state index in [0.717, 1.165) is 35.0 Å². The summed E-state index contributed by atoms with van der Waals surface area (Å²) in [7, 11) is 0. The number of para-hydroxylation sites is 1. The quantitative estimate of drug-likeness (QED) is 0.156. The molecule has 2 aliphatic heterocycles. The molecule has 1 aliphatic carbocycles. The monoisotopic (exact) mass is 1010 g/mol. The fraction of sp³-hybridized carbons (Fsp3) is 0.368. The Morgan fingerprint density at radius 2 is 1.40 bits per heavy atom. The van der Waals surface area contributed by atoms with Crippen LogP contribution in [0.25, 0.3) is 0 Å². The van der Waals surface area contributed by atoms with Crippen LogP contribution in [0.5, 0.6) is 11.5 Å². The van der Waals surface area contributed by atoms with Crippen molar-refractivity contribution in [3.05, 3.63) is 170 Å². The van der Waals surface area contributed by atoms with E-state index in [9.17, 15) is 0 Å². The van der Waals surface area contributed by atoms with Crippen LogP contribution in [0.1, 0.15) is 141 Å². The zero-order valence-electron chi connectivity index (χ0n) is 39.9. The Morgan fingerprint density at radius 3 is 2.08 bits per heavy atom. The van der Waals surface area contributed by atoms with Crippen LogP contribution in [-0.2, 0) is 43.9 Å². The Morgan fingerprint density at radius 1 is 0.714 bits per heavy atom. The van der Waals surface area contributed by atoms with Gasteiger partial charge in [-0.15, -0.1) is 34.9 Å². The number of anilines is 4. The first-order chi connectivity index (χ1) is 29.2. The summed E-state index contributed by atoms with van der Waals surface area (Å²) < 4.78 is 6.98. The second-order valence-electron chi connectivity index (χ2n) is 20.6. The number of rotatable bonds is 6. The Bertz CT molecular complexity index is 2840. The van der Waals surface area contributed by atoms with E-state index < -0.39 is 11.1 Å². The van der Waals surface area contributed by atoms with E-state index in [4.69, 9.17) is 14.7 Å². The van der Waals surface area contributed by atoms with Crippen LogP contribution in [0.4, 0.5) is 22.9 Å². The van der Waals surface area contributed by atoms with E-state index in [1.54, 1.807) is 0 Å². The molecule has 0 unspecified atom stereocenters. The summed E-state index contributed by atoms with van der Waals surface area (Å²) in [5.41, 5.74) is 18.5. The number of hydrogen-bond acceptors (Lipinski definition) is 5. The van der Waals surface area contributed by atoms with Crippen molar-refractivity contribution in [2.45, 2.75) is 138 Å². The Labute approximate surface area is 391 Å². The summed E-state index contributed by atoms with van der Waals surface area (Å²) in [5, 5.41) is 0. The minimum atomic E-state index is -0.439. The number of ether oxygens (including phenoxy) is 1. The Hall–Kier alpha value is -4.99. The van der Waals surface area contributed by atoms with Crippen molar-refractivity contribution in [1.82, 2.24) is 4.98 Å². The van der Waals surface area contributed by atoms with Gasteiger partial charge in [0.2, 0.25) is 0 Å². The van der Waals surface area contributed by atoms with Crippen molar-refractivity contribution >= 4 is 28.7 Å². The zero-order valence-corrected chi connectivity index (χ0v) is 42.2. The van der Waals surface area contributed by atoms with Crippen molar-refractivity contribution in [2.24, 2.45) is 4.99 Å². The van der Waals surface area contributed by atoms with Crippen LogP contribution < -0.4 is 14.5 Å². The Kier molecular flexibility index (Phi) is 10.9. The maximum Gasteiger partial charge on any atom is 2.00 e. The predicted octanol–water partition coefficient (Wildman–Crippen LogP) is 14.3. The first-order valence-corrected chi connectivity index (χ1v) is 22.4. The molecule has 0 fully saturated rings. The molecule has 3 aliphatic rings. The van der Waals surface area contributed by atoms with E-state index in [2.05, 4.69) is 205 Å². The molecule has 0 saturated carbocycles. The van der Waals surface area contributed by atoms with E-state index in [1.165, 1.54) is 72.4 Å². The summed E-state index contributed by atoms with van der Waals surface area (Å²) >= 11 is 0. The van der Waals surface area contributed by atoms with E-state index in [-0.39, 0.29) is 37.8 Å². The summed E-state index contributed by atoms with van der Waals surface area (Å²) in [4.78, 5) is 15.7. The maximum atomic E-state index is 6.98. The number of amidine groups is 1. The van der Waals surface area contributed by atoms with Crippen LogP contribution in [0, 0.1) is 53.7 Å². The van der Waals surface area contributed by atoms with Crippen LogP contribution in [0.15, 0.2) is 90.1 Å². The molecule has 0 bridgehead atoms. The minimum Gasteiger partial charge on any atom is -0.503 e. The van der Waals surface area contributed by atoms with Gasteiger partial charge in [0.15, 0.2) is 0 Å². The summed E-state index contributed by atoms with van der Waals surface area (Å²) in [6.45, 7) is 34.1. The average molecular weight is 1010 g/mol. The van der Waals surface area contributed by atoms with Gasteiger partial charge in [0.1, 0.15) is 5.82 Å². The number of pyridine rings is 1.